The van der Waals surface area contributed by atoms with E-state index in [-0.39, 0.29) is 24.0 Å². The number of aryl methyl sites for hydroxylation is 2. The van der Waals surface area contributed by atoms with Gasteiger partial charge in [0, 0.05) is 31.8 Å². The van der Waals surface area contributed by atoms with E-state index in [2.05, 4.69) is 15.2 Å². The van der Waals surface area contributed by atoms with Crippen molar-refractivity contribution in [1.82, 2.24) is 24.6 Å². The first kappa shape index (κ1) is 15.4. The van der Waals surface area contributed by atoms with Crippen molar-refractivity contribution in [1.29, 1.82) is 0 Å². The Morgan fingerprint density at radius 3 is 3.09 bits per heavy atom. The SMILES string of the molecule is Cc1nc(C2CN(C(=O)CCn3ccccc3=O)CCO2)n[nH]1. The molecule has 0 saturated carbocycles. The van der Waals surface area contributed by atoms with Crippen molar-refractivity contribution >= 4 is 5.91 Å². The molecule has 8 nitrogen and oxygen atoms in total. The van der Waals surface area contributed by atoms with E-state index in [1.807, 2.05) is 6.92 Å². The Morgan fingerprint density at radius 2 is 2.35 bits per heavy atom. The van der Waals surface area contributed by atoms with Crippen LogP contribution in [0.15, 0.2) is 29.2 Å². The van der Waals surface area contributed by atoms with Crippen molar-refractivity contribution < 1.29 is 9.53 Å². The van der Waals surface area contributed by atoms with Crippen LogP contribution in [0.3, 0.4) is 0 Å². The van der Waals surface area contributed by atoms with Crippen LogP contribution in [0.25, 0.3) is 0 Å². The van der Waals surface area contributed by atoms with Gasteiger partial charge in [-0.2, -0.15) is 5.10 Å². The topological polar surface area (TPSA) is 93.1 Å². The number of carbonyl (C=O) groups excluding carboxylic acids is 1. The normalized spacial score (nSPS) is 18.1. The summed E-state index contributed by atoms with van der Waals surface area (Å²) in [7, 11) is 0. The van der Waals surface area contributed by atoms with Gasteiger partial charge < -0.3 is 14.2 Å². The average Bonchev–Trinajstić information content (AvgIpc) is 3.00. The number of pyridine rings is 1. The zero-order chi connectivity index (χ0) is 16.2. The van der Waals surface area contributed by atoms with E-state index in [4.69, 9.17) is 4.74 Å². The van der Waals surface area contributed by atoms with Crippen molar-refractivity contribution in [2.45, 2.75) is 26.0 Å². The second-order valence-corrected chi connectivity index (χ2v) is 5.46. The summed E-state index contributed by atoms with van der Waals surface area (Å²) in [6, 6.07) is 4.95. The van der Waals surface area contributed by atoms with Crippen molar-refractivity contribution in [2.24, 2.45) is 0 Å². The van der Waals surface area contributed by atoms with Gasteiger partial charge in [-0.3, -0.25) is 14.7 Å². The van der Waals surface area contributed by atoms with E-state index in [9.17, 15) is 9.59 Å². The zero-order valence-electron chi connectivity index (χ0n) is 12.9. The molecule has 3 heterocycles. The van der Waals surface area contributed by atoms with Crippen LogP contribution in [0.4, 0.5) is 0 Å². The molecule has 8 heteroatoms. The Balaban J connectivity index is 1.59. The van der Waals surface area contributed by atoms with E-state index in [1.165, 1.54) is 10.6 Å². The van der Waals surface area contributed by atoms with Gasteiger partial charge in [0.25, 0.3) is 5.56 Å². The third-order valence-electron chi connectivity index (χ3n) is 3.79. The van der Waals surface area contributed by atoms with E-state index in [0.717, 1.165) is 5.82 Å². The number of aromatic nitrogens is 4. The first-order valence-corrected chi connectivity index (χ1v) is 7.57. The van der Waals surface area contributed by atoms with Gasteiger partial charge in [0.2, 0.25) is 5.91 Å². The van der Waals surface area contributed by atoms with Gasteiger partial charge in [0.1, 0.15) is 11.9 Å². The van der Waals surface area contributed by atoms with E-state index >= 15 is 0 Å². The quantitative estimate of drug-likeness (QED) is 0.873. The van der Waals surface area contributed by atoms with E-state index in [0.29, 0.717) is 32.1 Å². The maximum atomic E-state index is 12.4. The second kappa shape index (κ2) is 6.74. The number of ether oxygens (including phenoxy) is 1. The number of amides is 1. The molecule has 1 unspecified atom stereocenters. The van der Waals surface area contributed by atoms with E-state index < -0.39 is 0 Å². The summed E-state index contributed by atoms with van der Waals surface area (Å²) in [5.74, 6) is 1.29. The molecule has 2 aromatic heterocycles. The monoisotopic (exact) mass is 317 g/mol. The highest BCUT2D eigenvalue weighted by molar-refractivity contribution is 5.76. The minimum Gasteiger partial charge on any atom is -0.366 e. The molecule has 1 aliphatic rings. The summed E-state index contributed by atoms with van der Waals surface area (Å²) in [6.07, 6.45) is 1.66. The lowest BCUT2D eigenvalue weighted by Gasteiger charge is -2.31. The highest BCUT2D eigenvalue weighted by Gasteiger charge is 2.27. The van der Waals surface area contributed by atoms with Gasteiger partial charge in [-0.05, 0) is 13.0 Å². The summed E-state index contributed by atoms with van der Waals surface area (Å²) in [5.41, 5.74) is -0.101. The molecule has 0 radical (unpaired) electrons. The largest absolute Gasteiger partial charge is 0.366 e. The molecule has 1 fully saturated rings. The van der Waals surface area contributed by atoms with Gasteiger partial charge in [0.05, 0.1) is 13.2 Å². The molecule has 1 N–H and O–H groups in total. The van der Waals surface area contributed by atoms with Gasteiger partial charge >= 0.3 is 0 Å². The Bertz CT molecular complexity index is 738. The Hall–Kier alpha value is -2.48. The molecular formula is C15H19N5O3. The lowest BCUT2D eigenvalue weighted by atomic mass is 10.2. The molecule has 1 amide bonds. The molecule has 1 saturated heterocycles. The van der Waals surface area contributed by atoms with Crippen LogP contribution in [0.1, 0.15) is 24.2 Å². The highest BCUT2D eigenvalue weighted by atomic mass is 16.5. The predicted molar refractivity (Wildman–Crippen MR) is 81.7 cm³/mol. The second-order valence-electron chi connectivity index (χ2n) is 5.46. The molecule has 23 heavy (non-hydrogen) atoms. The standard InChI is InChI=1S/C15H19N5O3/c1-11-16-15(18-17-11)12-10-20(8-9-23-12)14(22)5-7-19-6-3-2-4-13(19)21/h2-4,6,12H,5,7-10H2,1H3,(H,16,17,18). The van der Waals surface area contributed by atoms with Gasteiger partial charge in [-0.1, -0.05) is 6.07 Å². The molecule has 0 bridgehead atoms. The van der Waals surface area contributed by atoms with Crippen molar-refractivity contribution in [3.63, 3.8) is 0 Å². The zero-order valence-corrected chi connectivity index (χ0v) is 12.9. The first-order valence-electron chi connectivity index (χ1n) is 7.57. The smallest absolute Gasteiger partial charge is 0.250 e. The maximum Gasteiger partial charge on any atom is 0.250 e. The van der Waals surface area contributed by atoms with Crippen molar-refractivity contribution in [3.8, 4) is 0 Å². The molecule has 2 aromatic rings. The molecule has 0 spiro atoms. The fourth-order valence-electron chi connectivity index (χ4n) is 2.56. The van der Waals surface area contributed by atoms with Crippen molar-refractivity contribution in [2.75, 3.05) is 19.7 Å². The number of carbonyl (C=O) groups is 1. The Morgan fingerprint density at radius 1 is 1.48 bits per heavy atom. The Labute approximate surface area is 133 Å². The predicted octanol–water partition coefficient (Wildman–Crippen LogP) is 0.265. The first-order chi connectivity index (χ1) is 11.1. The summed E-state index contributed by atoms with van der Waals surface area (Å²) in [5, 5.41) is 6.87. The third-order valence-corrected chi connectivity index (χ3v) is 3.79. The fourth-order valence-corrected chi connectivity index (χ4v) is 2.56. The van der Waals surface area contributed by atoms with E-state index in [1.54, 1.807) is 23.2 Å². The molecule has 122 valence electrons. The van der Waals surface area contributed by atoms with Crippen LogP contribution in [0, 0.1) is 6.92 Å². The van der Waals surface area contributed by atoms with Gasteiger partial charge in [0.15, 0.2) is 5.82 Å². The minimum absolute atomic E-state index is 0.00121. The molecule has 3 rings (SSSR count). The number of morpholine rings is 1. The van der Waals surface area contributed by atoms with Crippen LogP contribution in [0.5, 0.6) is 0 Å². The summed E-state index contributed by atoms with van der Waals surface area (Å²) >= 11 is 0. The minimum atomic E-state index is -0.308. The van der Waals surface area contributed by atoms with Crippen LogP contribution >= 0.6 is 0 Å². The van der Waals surface area contributed by atoms with Crippen LogP contribution in [-0.4, -0.2) is 50.3 Å². The molecule has 0 aromatic carbocycles. The van der Waals surface area contributed by atoms with Crippen LogP contribution < -0.4 is 5.56 Å². The Kier molecular flexibility index (Phi) is 4.52. The molecule has 1 atom stereocenters. The number of rotatable bonds is 4. The third kappa shape index (κ3) is 3.65. The number of hydrogen-bond acceptors (Lipinski definition) is 5. The molecular weight excluding hydrogens is 298 g/mol. The number of hydrogen-bond donors (Lipinski definition) is 1. The van der Waals surface area contributed by atoms with Crippen molar-refractivity contribution in [3.05, 3.63) is 46.4 Å². The molecule has 1 aliphatic heterocycles. The number of nitrogens with zero attached hydrogens (tertiary/aromatic N) is 4. The number of aromatic amines is 1. The fraction of sp³-hybridized carbons (Fsp3) is 0.467. The van der Waals surface area contributed by atoms with Gasteiger partial charge in [-0.25, -0.2) is 4.98 Å². The summed E-state index contributed by atoms with van der Waals surface area (Å²) < 4.78 is 7.18. The summed E-state index contributed by atoms with van der Waals surface area (Å²) in [4.78, 5) is 30.0. The van der Waals surface area contributed by atoms with Gasteiger partial charge in [-0.15, -0.1) is 0 Å². The lowest BCUT2D eigenvalue weighted by molar-refractivity contribution is -0.139. The summed E-state index contributed by atoms with van der Waals surface area (Å²) in [6.45, 7) is 3.62. The highest BCUT2D eigenvalue weighted by Crippen LogP contribution is 2.19. The number of nitrogens with one attached hydrogen (secondary N) is 1. The number of H-pyrrole nitrogens is 1. The van der Waals surface area contributed by atoms with Crippen LogP contribution in [0.2, 0.25) is 0 Å². The average molecular weight is 317 g/mol. The lowest BCUT2D eigenvalue weighted by Crippen LogP contribution is -2.43. The van der Waals surface area contributed by atoms with Crippen LogP contribution in [-0.2, 0) is 16.1 Å². The maximum absolute atomic E-state index is 12.4. The molecule has 0 aliphatic carbocycles.